The molecule has 3 rings (SSSR count). The summed E-state index contributed by atoms with van der Waals surface area (Å²) in [6.45, 7) is 0. The Morgan fingerprint density at radius 1 is 1.11 bits per heavy atom. The van der Waals surface area contributed by atoms with Gasteiger partial charge in [-0.05, 0) is 43.2 Å². The molecule has 0 unspecified atom stereocenters. The first-order chi connectivity index (χ1) is 13.3. The molecule has 0 aliphatic heterocycles. The zero-order valence-electron chi connectivity index (χ0n) is 14.9. The maximum atomic E-state index is 13.2. The molecular formula is C19H19F4N3OS. The topological polar surface area (TPSA) is 54.9 Å². The van der Waals surface area contributed by atoms with E-state index in [9.17, 15) is 22.4 Å². The van der Waals surface area contributed by atoms with Gasteiger partial charge < -0.3 is 5.32 Å². The molecule has 4 nitrogen and oxygen atoms in total. The Bertz CT molecular complexity index is 821. The van der Waals surface area contributed by atoms with Crippen molar-refractivity contribution in [2.75, 3.05) is 5.75 Å². The normalized spacial score (nSPS) is 15.4. The highest BCUT2D eigenvalue weighted by Gasteiger charge is 2.34. The summed E-state index contributed by atoms with van der Waals surface area (Å²) >= 11 is 0.851. The number of hydrogen-bond donors (Lipinski definition) is 1. The number of nitrogens with zero attached hydrogens (tertiary/aromatic N) is 2. The summed E-state index contributed by atoms with van der Waals surface area (Å²) in [6, 6.07) is 5.94. The fourth-order valence-corrected chi connectivity index (χ4v) is 3.72. The van der Waals surface area contributed by atoms with Crippen molar-refractivity contribution >= 4 is 17.7 Å². The Balaban J connectivity index is 1.74. The summed E-state index contributed by atoms with van der Waals surface area (Å²) in [5.74, 6) is -0.815. The quantitative estimate of drug-likeness (QED) is 0.433. The average Bonchev–Trinajstić information content (AvgIpc) is 2.67. The maximum absolute atomic E-state index is 13.2. The summed E-state index contributed by atoms with van der Waals surface area (Å²) in [4.78, 5) is 19.8. The summed E-state index contributed by atoms with van der Waals surface area (Å²) in [6.07, 6.45) is 0.477. The van der Waals surface area contributed by atoms with Crippen molar-refractivity contribution in [2.45, 2.75) is 49.5 Å². The Kier molecular flexibility index (Phi) is 6.53. The van der Waals surface area contributed by atoms with Crippen molar-refractivity contribution in [3.63, 3.8) is 0 Å². The van der Waals surface area contributed by atoms with E-state index in [0.717, 1.165) is 62.1 Å². The lowest BCUT2D eigenvalue weighted by Crippen LogP contribution is -2.37. The molecule has 1 aliphatic carbocycles. The number of benzene rings is 1. The Labute approximate surface area is 164 Å². The van der Waals surface area contributed by atoms with Gasteiger partial charge >= 0.3 is 6.18 Å². The highest BCUT2D eigenvalue weighted by atomic mass is 32.2. The minimum Gasteiger partial charge on any atom is -0.353 e. The van der Waals surface area contributed by atoms with Crippen LogP contribution in [0, 0.1) is 5.82 Å². The maximum Gasteiger partial charge on any atom is 0.433 e. The third-order valence-corrected chi connectivity index (χ3v) is 5.29. The molecule has 1 heterocycles. The van der Waals surface area contributed by atoms with Crippen LogP contribution in [0.1, 0.15) is 37.8 Å². The van der Waals surface area contributed by atoms with Gasteiger partial charge in [-0.1, -0.05) is 31.0 Å². The molecule has 1 amide bonds. The molecule has 2 aromatic rings. The third-order valence-electron chi connectivity index (χ3n) is 4.44. The zero-order valence-corrected chi connectivity index (χ0v) is 15.7. The first-order valence-corrected chi connectivity index (χ1v) is 9.94. The predicted molar refractivity (Wildman–Crippen MR) is 98.2 cm³/mol. The van der Waals surface area contributed by atoms with E-state index in [1.165, 1.54) is 12.1 Å². The van der Waals surface area contributed by atoms with Crippen LogP contribution in [0.5, 0.6) is 0 Å². The van der Waals surface area contributed by atoms with Gasteiger partial charge in [0.05, 0.1) is 11.4 Å². The van der Waals surface area contributed by atoms with E-state index in [1.54, 1.807) is 0 Å². The fourth-order valence-electron chi connectivity index (χ4n) is 3.05. The lowest BCUT2D eigenvalue weighted by molar-refractivity contribution is -0.141. The molecule has 1 aromatic heterocycles. The number of alkyl halides is 3. The minimum atomic E-state index is -4.66. The monoisotopic (exact) mass is 413 g/mol. The van der Waals surface area contributed by atoms with Gasteiger partial charge in [0.1, 0.15) is 11.5 Å². The predicted octanol–water partition coefficient (Wildman–Crippen LogP) is 4.84. The van der Waals surface area contributed by atoms with Crippen LogP contribution in [0.15, 0.2) is 35.5 Å². The summed E-state index contributed by atoms with van der Waals surface area (Å²) < 4.78 is 52.7. The van der Waals surface area contributed by atoms with E-state index >= 15 is 0 Å². The number of carbonyl (C=O) groups excluding carboxylic acids is 1. The highest BCUT2D eigenvalue weighted by molar-refractivity contribution is 7.99. The molecule has 0 radical (unpaired) electrons. The zero-order chi connectivity index (χ0) is 20.1. The molecule has 150 valence electrons. The molecule has 9 heteroatoms. The van der Waals surface area contributed by atoms with Crippen molar-refractivity contribution in [1.82, 2.24) is 15.3 Å². The highest BCUT2D eigenvalue weighted by Crippen LogP contribution is 2.32. The van der Waals surface area contributed by atoms with Crippen LogP contribution in [0.25, 0.3) is 11.3 Å². The lowest BCUT2D eigenvalue weighted by atomic mass is 9.95. The van der Waals surface area contributed by atoms with E-state index in [1.807, 2.05) is 0 Å². The van der Waals surface area contributed by atoms with E-state index in [2.05, 4.69) is 15.3 Å². The van der Waals surface area contributed by atoms with Gasteiger partial charge in [-0.15, -0.1) is 0 Å². The minimum absolute atomic E-state index is 0.0255. The molecule has 1 saturated carbocycles. The van der Waals surface area contributed by atoms with Crippen LogP contribution in [0.3, 0.4) is 0 Å². The van der Waals surface area contributed by atoms with Crippen molar-refractivity contribution in [1.29, 1.82) is 0 Å². The van der Waals surface area contributed by atoms with Gasteiger partial charge in [-0.25, -0.2) is 14.4 Å². The molecule has 1 N–H and O–H groups in total. The second-order valence-corrected chi connectivity index (χ2v) is 7.56. The SMILES string of the molecule is O=C(CSc1nc(-c2ccc(F)cc2)cc(C(F)(F)F)n1)NC1CCCCC1. The smallest absolute Gasteiger partial charge is 0.353 e. The number of rotatable bonds is 5. The number of thioether (sulfide) groups is 1. The number of hydrogen-bond acceptors (Lipinski definition) is 4. The molecule has 0 saturated heterocycles. The summed E-state index contributed by atoms with van der Waals surface area (Å²) in [5, 5.41) is 2.76. The molecule has 1 aliphatic rings. The van der Waals surface area contributed by atoms with Crippen LogP contribution in [-0.2, 0) is 11.0 Å². The lowest BCUT2D eigenvalue weighted by Gasteiger charge is -2.22. The standard InChI is InChI=1S/C19H19F4N3OS/c20-13-8-6-12(7-9-13)15-10-16(19(21,22)23)26-18(25-15)28-11-17(27)24-14-4-2-1-3-5-14/h6-10,14H,1-5,11H2,(H,24,27). The number of halogens is 4. The number of amides is 1. The Hall–Kier alpha value is -2.16. The van der Waals surface area contributed by atoms with Crippen molar-refractivity contribution in [3.8, 4) is 11.3 Å². The van der Waals surface area contributed by atoms with Crippen LogP contribution in [0.4, 0.5) is 17.6 Å². The molecule has 1 fully saturated rings. The van der Waals surface area contributed by atoms with Gasteiger partial charge in [0, 0.05) is 11.6 Å². The first-order valence-electron chi connectivity index (χ1n) is 8.95. The van der Waals surface area contributed by atoms with E-state index in [4.69, 9.17) is 0 Å². The van der Waals surface area contributed by atoms with E-state index in [0.29, 0.717) is 5.56 Å². The van der Waals surface area contributed by atoms with E-state index in [-0.39, 0.29) is 28.6 Å². The molecule has 0 atom stereocenters. The fraction of sp³-hybridized carbons (Fsp3) is 0.421. The second kappa shape index (κ2) is 8.89. The average molecular weight is 413 g/mol. The Morgan fingerprint density at radius 2 is 1.79 bits per heavy atom. The summed E-state index contributed by atoms with van der Waals surface area (Å²) in [7, 11) is 0. The van der Waals surface area contributed by atoms with Crippen LogP contribution >= 0.6 is 11.8 Å². The van der Waals surface area contributed by atoms with Crippen molar-refractivity contribution in [3.05, 3.63) is 41.8 Å². The second-order valence-electron chi connectivity index (χ2n) is 6.62. The Morgan fingerprint density at radius 3 is 2.43 bits per heavy atom. The number of nitrogens with one attached hydrogen (secondary N) is 1. The van der Waals surface area contributed by atoms with Crippen LogP contribution in [0.2, 0.25) is 0 Å². The van der Waals surface area contributed by atoms with Crippen LogP contribution < -0.4 is 5.32 Å². The first kappa shape index (κ1) is 20.6. The largest absolute Gasteiger partial charge is 0.433 e. The molecule has 28 heavy (non-hydrogen) atoms. The van der Waals surface area contributed by atoms with Crippen molar-refractivity contribution < 1.29 is 22.4 Å². The van der Waals surface area contributed by atoms with Gasteiger partial charge in [0.15, 0.2) is 5.16 Å². The van der Waals surface area contributed by atoms with Gasteiger partial charge in [-0.2, -0.15) is 13.2 Å². The van der Waals surface area contributed by atoms with Crippen LogP contribution in [-0.4, -0.2) is 27.7 Å². The third kappa shape index (κ3) is 5.67. The van der Waals surface area contributed by atoms with Gasteiger partial charge in [-0.3, -0.25) is 4.79 Å². The molecule has 0 bridgehead atoms. The van der Waals surface area contributed by atoms with Gasteiger partial charge in [0.2, 0.25) is 5.91 Å². The molecule has 1 aromatic carbocycles. The van der Waals surface area contributed by atoms with E-state index < -0.39 is 17.7 Å². The number of carbonyl (C=O) groups is 1. The van der Waals surface area contributed by atoms with Crippen molar-refractivity contribution in [2.24, 2.45) is 0 Å². The summed E-state index contributed by atoms with van der Waals surface area (Å²) in [5.41, 5.74) is -0.739. The number of aromatic nitrogens is 2. The molecular weight excluding hydrogens is 394 g/mol. The molecule has 0 spiro atoms. The van der Waals surface area contributed by atoms with Gasteiger partial charge in [0.25, 0.3) is 0 Å².